The Labute approximate surface area is 146 Å². The van der Waals surface area contributed by atoms with Crippen LogP contribution in [0.25, 0.3) is 28.3 Å². The van der Waals surface area contributed by atoms with Crippen molar-refractivity contribution in [3.05, 3.63) is 69.3 Å². The number of fused-ring (bicyclic) bond motifs is 3. The largest absolute Gasteiger partial charge is 0.423 e. The van der Waals surface area contributed by atoms with Gasteiger partial charge in [-0.05, 0) is 31.2 Å². The van der Waals surface area contributed by atoms with E-state index in [9.17, 15) is 14.0 Å². The predicted octanol–water partition coefficient (Wildman–Crippen LogP) is 2.32. The molecule has 0 atom stereocenters. The Morgan fingerprint density at radius 3 is 2.62 bits per heavy atom. The summed E-state index contributed by atoms with van der Waals surface area (Å²) in [5, 5.41) is 0. The Morgan fingerprint density at radius 2 is 1.96 bits per heavy atom. The minimum atomic E-state index is -0.468. The van der Waals surface area contributed by atoms with Gasteiger partial charge in [0, 0.05) is 12.6 Å². The van der Waals surface area contributed by atoms with Crippen molar-refractivity contribution in [1.82, 2.24) is 18.5 Å². The van der Waals surface area contributed by atoms with E-state index in [0.717, 1.165) is 4.57 Å². The van der Waals surface area contributed by atoms with Gasteiger partial charge in [-0.3, -0.25) is 18.3 Å². The Morgan fingerprint density at radius 1 is 1.27 bits per heavy atom. The van der Waals surface area contributed by atoms with Crippen molar-refractivity contribution in [1.29, 1.82) is 0 Å². The number of benzene rings is 1. The third kappa shape index (κ3) is 2.30. The molecule has 0 fully saturated rings. The van der Waals surface area contributed by atoms with E-state index in [-0.39, 0.29) is 29.4 Å². The first kappa shape index (κ1) is 16.1. The first-order valence-corrected chi connectivity index (χ1v) is 7.88. The summed E-state index contributed by atoms with van der Waals surface area (Å²) < 4.78 is 22.7. The van der Waals surface area contributed by atoms with Crippen LogP contribution in [-0.2, 0) is 13.6 Å². The molecular weight excluding hydrogens is 339 g/mol. The summed E-state index contributed by atoms with van der Waals surface area (Å²) in [5.41, 5.74) is 0.874. The van der Waals surface area contributed by atoms with E-state index in [2.05, 4.69) is 11.6 Å². The van der Waals surface area contributed by atoms with Crippen molar-refractivity contribution < 1.29 is 8.81 Å². The van der Waals surface area contributed by atoms with Crippen LogP contribution in [0.15, 0.2) is 56.6 Å². The lowest BCUT2D eigenvalue weighted by Gasteiger charge is -2.07. The fourth-order valence-electron chi connectivity index (χ4n) is 2.91. The van der Waals surface area contributed by atoms with Crippen molar-refractivity contribution in [3.63, 3.8) is 0 Å². The van der Waals surface area contributed by atoms with Gasteiger partial charge in [-0.25, -0.2) is 9.18 Å². The molecular formula is C18H15FN4O3. The second-order valence-corrected chi connectivity index (χ2v) is 6.23. The van der Waals surface area contributed by atoms with Gasteiger partial charge in [0.15, 0.2) is 16.9 Å². The van der Waals surface area contributed by atoms with Crippen molar-refractivity contribution >= 4 is 17.0 Å². The van der Waals surface area contributed by atoms with Crippen LogP contribution in [0.4, 0.5) is 4.39 Å². The molecule has 0 bridgehead atoms. The highest BCUT2D eigenvalue weighted by atomic mass is 19.1. The molecule has 0 amide bonds. The minimum absolute atomic E-state index is 0.122. The molecule has 0 spiro atoms. The lowest BCUT2D eigenvalue weighted by atomic mass is 10.2. The number of nitrogens with zero attached hydrogens (tertiary/aromatic N) is 4. The van der Waals surface area contributed by atoms with E-state index in [1.54, 1.807) is 32.3 Å². The average Bonchev–Trinajstić information content (AvgIpc) is 3.15. The SMILES string of the molecule is C=C(C)Cn1c(=O)c2c(nc3oc(-c4ccc(F)cc4)cn32)n(C)c1=O. The molecule has 0 unspecified atom stereocenters. The van der Waals surface area contributed by atoms with Crippen molar-refractivity contribution in [2.24, 2.45) is 7.05 Å². The van der Waals surface area contributed by atoms with Crippen LogP contribution in [-0.4, -0.2) is 18.5 Å². The van der Waals surface area contributed by atoms with E-state index >= 15 is 0 Å². The topological polar surface area (TPSA) is 74.4 Å². The molecule has 7 nitrogen and oxygen atoms in total. The smallest absolute Gasteiger partial charge is 0.332 e. The summed E-state index contributed by atoms with van der Waals surface area (Å²) in [6.45, 7) is 5.63. The summed E-state index contributed by atoms with van der Waals surface area (Å²) in [6, 6.07) is 5.79. The second kappa shape index (κ2) is 5.55. The maximum Gasteiger partial charge on any atom is 0.332 e. The van der Waals surface area contributed by atoms with E-state index in [1.807, 2.05) is 0 Å². The summed E-state index contributed by atoms with van der Waals surface area (Å²) in [5.74, 6) is 0.266. The molecule has 26 heavy (non-hydrogen) atoms. The maximum absolute atomic E-state index is 13.1. The summed E-state index contributed by atoms with van der Waals surface area (Å²) in [4.78, 5) is 29.6. The molecule has 0 N–H and O–H groups in total. The van der Waals surface area contributed by atoms with Crippen molar-refractivity contribution in [2.75, 3.05) is 0 Å². The Hall–Kier alpha value is -3.42. The zero-order valence-electron chi connectivity index (χ0n) is 14.2. The van der Waals surface area contributed by atoms with Gasteiger partial charge in [0.2, 0.25) is 0 Å². The van der Waals surface area contributed by atoms with Crippen LogP contribution >= 0.6 is 0 Å². The zero-order valence-corrected chi connectivity index (χ0v) is 14.2. The second-order valence-electron chi connectivity index (χ2n) is 6.23. The first-order valence-electron chi connectivity index (χ1n) is 7.88. The summed E-state index contributed by atoms with van der Waals surface area (Å²) in [7, 11) is 1.55. The monoisotopic (exact) mass is 354 g/mol. The molecule has 4 aromatic rings. The zero-order chi connectivity index (χ0) is 18.6. The van der Waals surface area contributed by atoms with Crippen LogP contribution in [0.3, 0.4) is 0 Å². The minimum Gasteiger partial charge on any atom is -0.423 e. The number of imidazole rings is 1. The number of aryl methyl sites for hydroxylation is 1. The van der Waals surface area contributed by atoms with Gasteiger partial charge in [-0.2, -0.15) is 4.98 Å². The third-order valence-corrected chi connectivity index (χ3v) is 4.15. The number of allylic oxidation sites excluding steroid dienone is 1. The molecule has 3 heterocycles. The van der Waals surface area contributed by atoms with Crippen LogP contribution in [0.5, 0.6) is 0 Å². The van der Waals surface area contributed by atoms with Gasteiger partial charge in [-0.15, -0.1) is 0 Å². The third-order valence-electron chi connectivity index (χ3n) is 4.15. The number of rotatable bonds is 3. The molecule has 0 radical (unpaired) electrons. The van der Waals surface area contributed by atoms with Crippen LogP contribution < -0.4 is 11.2 Å². The highest BCUT2D eigenvalue weighted by Crippen LogP contribution is 2.24. The molecule has 0 saturated carbocycles. The maximum atomic E-state index is 13.1. The van der Waals surface area contributed by atoms with Crippen molar-refractivity contribution in [2.45, 2.75) is 13.5 Å². The van der Waals surface area contributed by atoms with E-state index in [1.165, 1.54) is 21.1 Å². The number of halogens is 1. The number of oxazole rings is 1. The lowest BCUT2D eigenvalue weighted by Crippen LogP contribution is -2.39. The predicted molar refractivity (Wildman–Crippen MR) is 94.7 cm³/mol. The van der Waals surface area contributed by atoms with Crippen LogP contribution in [0.2, 0.25) is 0 Å². The fraction of sp³-hybridized carbons (Fsp3) is 0.167. The standard InChI is InChI=1S/C18H15FN4O3/c1-10(2)8-23-16(24)14-15(21(3)18(23)25)20-17-22(14)9-13(26-17)11-4-6-12(19)7-5-11/h4-7,9H,1,8H2,2-3H3. The molecule has 8 heteroatoms. The lowest BCUT2D eigenvalue weighted by molar-refractivity contribution is 0.608. The fourth-order valence-corrected chi connectivity index (χ4v) is 2.91. The molecule has 0 aliphatic rings. The van der Waals surface area contributed by atoms with Gasteiger partial charge in [0.1, 0.15) is 5.82 Å². The summed E-state index contributed by atoms with van der Waals surface area (Å²) >= 11 is 0. The Kier molecular flexibility index (Phi) is 3.43. The number of aromatic nitrogens is 4. The summed E-state index contributed by atoms with van der Waals surface area (Å²) in [6.07, 6.45) is 1.61. The van der Waals surface area contributed by atoms with Gasteiger partial charge in [0.25, 0.3) is 5.56 Å². The molecule has 132 valence electrons. The molecule has 0 saturated heterocycles. The van der Waals surface area contributed by atoms with Gasteiger partial charge < -0.3 is 4.42 Å². The molecule has 1 aromatic carbocycles. The van der Waals surface area contributed by atoms with Crippen LogP contribution in [0, 0.1) is 5.82 Å². The Balaban J connectivity index is 2.02. The van der Waals surface area contributed by atoms with Crippen molar-refractivity contribution in [3.8, 4) is 11.3 Å². The molecule has 3 aromatic heterocycles. The Bertz CT molecular complexity index is 1290. The van der Waals surface area contributed by atoms with Gasteiger partial charge in [-0.1, -0.05) is 12.2 Å². The van der Waals surface area contributed by atoms with E-state index in [4.69, 9.17) is 4.42 Å². The molecule has 4 rings (SSSR count). The number of hydrogen-bond donors (Lipinski definition) is 0. The quantitative estimate of drug-likeness (QED) is 0.529. The van der Waals surface area contributed by atoms with Gasteiger partial charge >= 0.3 is 11.5 Å². The highest BCUT2D eigenvalue weighted by Gasteiger charge is 2.20. The number of hydrogen-bond acceptors (Lipinski definition) is 4. The highest BCUT2D eigenvalue weighted by molar-refractivity contribution is 5.76. The van der Waals surface area contributed by atoms with Gasteiger partial charge in [0.05, 0.1) is 12.7 Å². The first-order chi connectivity index (χ1) is 12.4. The molecule has 0 aliphatic carbocycles. The average molecular weight is 354 g/mol. The normalized spacial score (nSPS) is 11.5. The van der Waals surface area contributed by atoms with Crippen LogP contribution in [0.1, 0.15) is 6.92 Å². The van der Waals surface area contributed by atoms with E-state index in [0.29, 0.717) is 16.9 Å². The molecule has 0 aliphatic heterocycles. The van der Waals surface area contributed by atoms with E-state index < -0.39 is 11.2 Å².